The highest BCUT2D eigenvalue weighted by Crippen LogP contribution is 2.34. The monoisotopic (exact) mass is 430 g/mol. The standard InChI is InChI=1S/C20H17F3N6O2/c1-3-28-9-8-12-10-13(4-5-15(12)28)25-19(30)14-11-24-29(18(14)20(21,22)23)16-6-7-17(31-2)27-26-16/h4-11H,3H2,1-2H3,(H,25,30). The Kier molecular flexibility index (Phi) is 5.09. The van der Waals surface area contributed by atoms with Gasteiger partial charge in [0.25, 0.3) is 5.91 Å². The number of carbonyl (C=O) groups is 1. The van der Waals surface area contributed by atoms with Gasteiger partial charge in [-0.1, -0.05) is 0 Å². The largest absolute Gasteiger partial charge is 0.480 e. The summed E-state index contributed by atoms with van der Waals surface area (Å²) in [5.41, 5.74) is -0.544. The summed E-state index contributed by atoms with van der Waals surface area (Å²) in [7, 11) is 1.36. The molecule has 0 saturated heterocycles. The number of carbonyl (C=O) groups excluding carboxylic acids is 1. The molecule has 0 saturated carbocycles. The maximum Gasteiger partial charge on any atom is 0.434 e. The molecule has 11 heteroatoms. The zero-order valence-electron chi connectivity index (χ0n) is 16.5. The van der Waals surface area contributed by atoms with Gasteiger partial charge in [-0.15, -0.1) is 10.2 Å². The number of hydrogen-bond acceptors (Lipinski definition) is 5. The van der Waals surface area contributed by atoms with E-state index in [-0.39, 0.29) is 11.7 Å². The second-order valence-corrected chi connectivity index (χ2v) is 6.58. The quantitative estimate of drug-likeness (QED) is 0.519. The third-order valence-electron chi connectivity index (χ3n) is 4.70. The average Bonchev–Trinajstić information content (AvgIpc) is 3.38. The first-order valence-electron chi connectivity index (χ1n) is 9.25. The highest BCUT2D eigenvalue weighted by molar-refractivity contribution is 6.06. The van der Waals surface area contributed by atoms with Crippen molar-refractivity contribution in [2.45, 2.75) is 19.6 Å². The van der Waals surface area contributed by atoms with Crippen LogP contribution >= 0.6 is 0 Å². The fourth-order valence-electron chi connectivity index (χ4n) is 3.25. The lowest BCUT2D eigenvalue weighted by atomic mass is 10.2. The number of aromatic nitrogens is 5. The SMILES string of the molecule is CCn1ccc2cc(NC(=O)c3cnn(-c4ccc(OC)nn4)c3C(F)(F)F)ccc21. The molecule has 1 amide bonds. The third kappa shape index (κ3) is 3.81. The Hall–Kier alpha value is -3.89. The van der Waals surface area contributed by atoms with Gasteiger partial charge in [-0.3, -0.25) is 4.79 Å². The molecular formula is C20H17F3N6O2. The number of halogens is 3. The fraction of sp³-hybridized carbons (Fsp3) is 0.200. The number of anilines is 1. The van der Waals surface area contributed by atoms with Crippen LogP contribution in [0.5, 0.6) is 5.88 Å². The summed E-state index contributed by atoms with van der Waals surface area (Å²) in [6.07, 6.45) is -2.10. The Morgan fingerprint density at radius 2 is 1.97 bits per heavy atom. The Morgan fingerprint density at radius 3 is 2.61 bits per heavy atom. The van der Waals surface area contributed by atoms with Gasteiger partial charge in [-0.25, -0.2) is 4.68 Å². The third-order valence-corrected chi connectivity index (χ3v) is 4.70. The van der Waals surface area contributed by atoms with E-state index in [1.54, 1.807) is 18.2 Å². The molecule has 0 aliphatic carbocycles. The fourth-order valence-corrected chi connectivity index (χ4v) is 3.25. The van der Waals surface area contributed by atoms with Crippen LogP contribution in [-0.4, -0.2) is 37.6 Å². The van der Waals surface area contributed by atoms with Crippen molar-refractivity contribution in [1.29, 1.82) is 0 Å². The zero-order chi connectivity index (χ0) is 22.2. The number of benzene rings is 1. The first-order chi connectivity index (χ1) is 14.8. The van der Waals surface area contributed by atoms with Crippen molar-refractivity contribution in [2.75, 3.05) is 12.4 Å². The van der Waals surface area contributed by atoms with E-state index in [4.69, 9.17) is 4.74 Å². The van der Waals surface area contributed by atoms with Gasteiger partial charge in [0, 0.05) is 35.4 Å². The van der Waals surface area contributed by atoms with E-state index in [2.05, 4.69) is 20.6 Å². The zero-order valence-corrected chi connectivity index (χ0v) is 16.5. The Bertz CT molecular complexity index is 1240. The number of aryl methyl sites for hydroxylation is 1. The van der Waals surface area contributed by atoms with Crippen molar-refractivity contribution in [3.05, 3.63) is 60.0 Å². The number of alkyl halides is 3. The van der Waals surface area contributed by atoms with Crippen LogP contribution in [0.2, 0.25) is 0 Å². The predicted molar refractivity (Wildman–Crippen MR) is 106 cm³/mol. The van der Waals surface area contributed by atoms with Crippen molar-refractivity contribution in [3.8, 4) is 11.7 Å². The Balaban J connectivity index is 1.68. The Morgan fingerprint density at radius 1 is 1.16 bits per heavy atom. The lowest BCUT2D eigenvalue weighted by Gasteiger charge is -2.12. The van der Waals surface area contributed by atoms with E-state index in [9.17, 15) is 18.0 Å². The molecule has 0 atom stereocenters. The summed E-state index contributed by atoms with van der Waals surface area (Å²) in [6, 6.07) is 9.63. The van der Waals surface area contributed by atoms with Gasteiger partial charge >= 0.3 is 6.18 Å². The van der Waals surface area contributed by atoms with Crippen molar-refractivity contribution >= 4 is 22.5 Å². The summed E-state index contributed by atoms with van der Waals surface area (Å²) in [6.45, 7) is 2.77. The van der Waals surface area contributed by atoms with Gasteiger partial charge in [-0.05, 0) is 37.3 Å². The summed E-state index contributed by atoms with van der Waals surface area (Å²) in [5.74, 6) is -1.00. The van der Waals surface area contributed by atoms with E-state index in [1.165, 1.54) is 19.2 Å². The molecule has 31 heavy (non-hydrogen) atoms. The van der Waals surface area contributed by atoms with E-state index >= 15 is 0 Å². The minimum atomic E-state index is -4.85. The molecule has 0 fully saturated rings. The van der Waals surface area contributed by atoms with Gasteiger partial charge in [-0.2, -0.15) is 18.3 Å². The van der Waals surface area contributed by atoms with Gasteiger partial charge < -0.3 is 14.6 Å². The van der Waals surface area contributed by atoms with Crippen LogP contribution in [0.4, 0.5) is 18.9 Å². The summed E-state index contributed by atoms with van der Waals surface area (Å²) < 4.78 is 48.8. The number of amides is 1. The molecule has 160 valence electrons. The lowest BCUT2D eigenvalue weighted by molar-refractivity contribution is -0.143. The van der Waals surface area contributed by atoms with E-state index < -0.39 is 23.3 Å². The minimum Gasteiger partial charge on any atom is -0.480 e. The van der Waals surface area contributed by atoms with Crippen molar-refractivity contribution in [3.63, 3.8) is 0 Å². The maximum absolute atomic E-state index is 13.8. The second kappa shape index (κ2) is 7.74. The molecular weight excluding hydrogens is 413 g/mol. The van der Waals surface area contributed by atoms with Gasteiger partial charge in [0.2, 0.25) is 5.88 Å². The summed E-state index contributed by atoms with van der Waals surface area (Å²) >= 11 is 0. The highest BCUT2D eigenvalue weighted by atomic mass is 19.4. The molecule has 4 rings (SSSR count). The Labute approximate surface area is 174 Å². The van der Waals surface area contributed by atoms with Crippen LogP contribution in [0.3, 0.4) is 0 Å². The molecule has 1 aromatic carbocycles. The van der Waals surface area contributed by atoms with Crippen LogP contribution in [0.15, 0.2) is 48.8 Å². The van der Waals surface area contributed by atoms with E-state index in [0.29, 0.717) is 10.4 Å². The summed E-state index contributed by atoms with van der Waals surface area (Å²) in [4.78, 5) is 12.7. The van der Waals surface area contributed by atoms with Crippen molar-refractivity contribution in [2.24, 2.45) is 0 Å². The smallest absolute Gasteiger partial charge is 0.434 e. The molecule has 8 nitrogen and oxygen atoms in total. The number of hydrogen-bond donors (Lipinski definition) is 1. The van der Waals surface area contributed by atoms with Crippen molar-refractivity contribution < 1.29 is 22.7 Å². The summed E-state index contributed by atoms with van der Waals surface area (Å²) in [5, 5.41) is 14.4. The molecule has 4 aromatic rings. The van der Waals surface area contributed by atoms with Crippen LogP contribution in [-0.2, 0) is 12.7 Å². The van der Waals surface area contributed by atoms with E-state index in [0.717, 1.165) is 23.6 Å². The van der Waals surface area contributed by atoms with E-state index in [1.807, 2.05) is 23.8 Å². The molecule has 0 aliphatic heterocycles. The average molecular weight is 430 g/mol. The number of fused-ring (bicyclic) bond motifs is 1. The van der Waals surface area contributed by atoms with Gasteiger partial charge in [0.15, 0.2) is 11.5 Å². The van der Waals surface area contributed by atoms with Crippen LogP contribution in [0, 0.1) is 0 Å². The molecule has 3 heterocycles. The molecule has 0 bridgehead atoms. The predicted octanol–water partition coefficient (Wildman–Crippen LogP) is 3.92. The van der Waals surface area contributed by atoms with Crippen LogP contribution in [0.25, 0.3) is 16.7 Å². The van der Waals surface area contributed by atoms with Gasteiger partial charge in [0.05, 0.1) is 18.9 Å². The number of methoxy groups -OCH3 is 1. The lowest BCUT2D eigenvalue weighted by Crippen LogP contribution is -2.21. The molecule has 1 N–H and O–H groups in total. The van der Waals surface area contributed by atoms with Crippen LogP contribution < -0.4 is 10.1 Å². The van der Waals surface area contributed by atoms with Gasteiger partial charge in [0.1, 0.15) is 0 Å². The van der Waals surface area contributed by atoms with Crippen LogP contribution in [0.1, 0.15) is 23.0 Å². The number of ether oxygens (including phenoxy) is 1. The number of nitrogens with zero attached hydrogens (tertiary/aromatic N) is 5. The first-order valence-corrected chi connectivity index (χ1v) is 9.25. The molecule has 0 radical (unpaired) electrons. The molecule has 0 spiro atoms. The normalized spacial score (nSPS) is 11.6. The maximum atomic E-state index is 13.8. The minimum absolute atomic E-state index is 0.134. The second-order valence-electron chi connectivity index (χ2n) is 6.58. The molecule has 3 aromatic heterocycles. The first kappa shape index (κ1) is 20.4. The topological polar surface area (TPSA) is 86.9 Å². The highest BCUT2D eigenvalue weighted by Gasteiger charge is 2.41. The molecule has 0 unspecified atom stereocenters. The molecule has 0 aliphatic rings. The number of rotatable bonds is 5. The number of nitrogens with one attached hydrogen (secondary N) is 1. The van der Waals surface area contributed by atoms with Crippen molar-refractivity contribution in [1.82, 2.24) is 24.5 Å².